The van der Waals surface area contributed by atoms with Gasteiger partial charge in [-0.1, -0.05) is 23.7 Å². The molecule has 8 nitrogen and oxygen atoms in total. The van der Waals surface area contributed by atoms with E-state index in [0.717, 1.165) is 0 Å². The summed E-state index contributed by atoms with van der Waals surface area (Å²) in [5.74, 6) is 0.196. The Bertz CT molecular complexity index is 999. The molecule has 1 aliphatic heterocycles. The maximum Gasteiger partial charge on any atom is 0.363 e. The van der Waals surface area contributed by atoms with Crippen LogP contribution in [0.4, 0.5) is 5.69 Å². The first-order chi connectivity index (χ1) is 12.9. The van der Waals surface area contributed by atoms with E-state index >= 15 is 0 Å². The summed E-state index contributed by atoms with van der Waals surface area (Å²) < 4.78 is 15.7. The first kappa shape index (κ1) is 18.4. The molecule has 0 fully saturated rings. The molecule has 0 aromatic heterocycles. The summed E-state index contributed by atoms with van der Waals surface area (Å²) in [5.41, 5.74) is 0.547. The summed E-state index contributed by atoms with van der Waals surface area (Å²) in [6.45, 7) is 0. The van der Waals surface area contributed by atoms with Crippen LogP contribution in [0.1, 0.15) is 11.1 Å². The zero-order chi connectivity index (χ0) is 19.6. The van der Waals surface area contributed by atoms with E-state index in [4.69, 9.17) is 25.8 Å². The van der Waals surface area contributed by atoms with Gasteiger partial charge < -0.3 is 14.2 Å². The molecule has 0 saturated heterocycles. The molecule has 1 heterocycles. The Kier molecular flexibility index (Phi) is 5.09. The van der Waals surface area contributed by atoms with Gasteiger partial charge in [-0.2, -0.15) is 0 Å². The molecule has 0 N–H and O–H groups in total. The van der Waals surface area contributed by atoms with Crippen molar-refractivity contribution in [3.8, 4) is 11.5 Å². The number of nitrogens with zero attached hydrogens (tertiary/aromatic N) is 2. The predicted molar refractivity (Wildman–Crippen MR) is 98.3 cm³/mol. The van der Waals surface area contributed by atoms with Crippen LogP contribution in [0.5, 0.6) is 11.5 Å². The summed E-state index contributed by atoms with van der Waals surface area (Å²) in [4.78, 5) is 26.7. The van der Waals surface area contributed by atoms with Crippen LogP contribution in [0.3, 0.4) is 0 Å². The van der Waals surface area contributed by atoms with Crippen molar-refractivity contribution in [1.82, 2.24) is 0 Å². The summed E-state index contributed by atoms with van der Waals surface area (Å²) >= 11 is 5.80. The molecular weight excluding hydrogens is 376 g/mol. The van der Waals surface area contributed by atoms with Crippen LogP contribution in [0.25, 0.3) is 6.08 Å². The number of carbonyl (C=O) groups excluding carboxylic acids is 1. The number of rotatable bonds is 5. The molecule has 0 aliphatic carbocycles. The van der Waals surface area contributed by atoms with Crippen LogP contribution in [-0.2, 0) is 9.53 Å². The highest BCUT2D eigenvalue weighted by molar-refractivity contribution is 6.32. The van der Waals surface area contributed by atoms with E-state index in [9.17, 15) is 14.9 Å². The van der Waals surface area contributed by atoms with Crippen LogP contribution < -0.4 is 9.47 Å². The molecule has 0 spiro atoms. The van der Waals surface area contributed by atoms with E-state index in [1.165, 1.54) is 38.5 Å². The summed E-state index contributed by atoms with van der Waals surface area (Å²) in [6.07, 6.45) is 1.49. The van der Waals surface area contributed by atoms with Crippen LogP contribution in [0.15, 0.2) is 47.1 Å². The van der Waals surface area contributed by atoms with Gasteiger partial charge >= 0.3 is 5.97 Å². The number of ether oxygens (including phenoxy) is 3. The van der Waals surface area contributed by atoms with E-state index in [1.54, 1.807) is 18.2 Å². The molecule has 138 valence electrons. The summed E-state index contributed by atoms with van der Waals surface area (Å²) in [6, 6.07) is 9.21. The number of benzene rings is 2. The van der Waals surface area contributed by atoms with Gasteiger partial charge in [-0.15, -0.1) is 0 Å². The van der Waals surface area contributed by atoms with Gasteiger partial charge in [0.05, 0.1) is 19.1 Å². The van der Waals surface area contributed by atoms with Gasteiger partial charge in [0.2, 0.25) is 5.90 Å². The zero-order valence-electron chi connectivity index (χ0n) is 14.3. The minimum absolute atomic E-state index is 0.0224. The van der Waals surface area contributed by atoms with Crippen molar-refractivity contribution < 1.29 is 23.9 Å². The third-order valence-corrected chi connectivity index (χ3v) is 4.06. The number of aliphatic imine (C=N–C) groups is 1. The maximum atomic E-state index is 12.2. The number of para-hydroxylation sites is 1. The second-order valence-corrected chi connectivity index (χ2v) is 5.75. The van der Waals surface area contributed by atoms with Crippen molar-refractivity contribution in [2.24, 2.45) is 4.99 Å². The number of hydrogen-bond donors (Lipinski definition) is 0. The number of carbonyl (C=O) groups is 1. The van der Waals surface area contributed by atoms with Crippen molar-refractivity contribution in [3.05, 3.63) is 68.4 Å². The van der Waals surface area contributed by atoms with Crippen molar-refractivity contribution in [3.63, 3.8) is 0 Å². The first-order valence-corrected chi connectivity index (χ1v) is 8.00. The van der Waals surface area contributed by atoms with E-state index in [0.29, 0.717) is 17.1 Å². The fraction of sp³-hybridized carbons (Fsp3) is 0.111. The standard InChI is InChI=1S/C18H13ClN2O6/c1-25-15-5-3-4-10(16(15)26-2)8-13-18(22)27-17(20-13)11-6-7-12(19)14(9-11)21(23)24/h3-9H,1-2H3/b13-8-. The highest BCUT2D eigenvalue weighted by Crippen LogP contribution is 2.33. The van der Waals surface area contributed by atoms with Gasteiger partial charge in [0.1, 0.15) is 5.02 Å². The summed E-state index contributed by atoms with van der Waals surface area (Å²) in [5, 5.41) is 11.0. The van der Waals surface area contributed by atoms with Gasteiger partial charge in [-0.25, -0.2) is 9.79 Å². The SMILES string of the molecule is COc1cccc(/C=C2\N=C(c3ccc(Cl)c([N+](=O)[O-])c3)OC2=O)c1OC. The Morgan fingerprint density at radius 3 is 2.67 bits per heavy atom. The third kappa shape index (κ3) is 3.61. The zero-order valence-corrected chi connectivity index (χ0v) is 15.0. The van der Waals surface area contributed by atoms with E-state index in [-0.39, 0.29) is 27.9 Å². The fourth-order valence-electron chi connectivity index (χ4n) is 2.49. The van der Waals surface area contributed by atoms with E-state index < -0.39 is 10.9 Å². The molecule has 0 unspecified atom stereocenters. The molecule has 2 aromatic carbocycles. The van der Waals surface area contributed by atoms with Gasteiger partial charge in [0.25, 0.3) is 5.69 Å². The average Bonchev–Trinajstić information content (AvgIpc) is 3.02. The lowest BCUT2D eigenvalue weighted by atomic mass is 10.1. The minimum Gasteiger partial charge on any atom is -0.493 e. The fourth-order valence-corrected chi connectivity index (χ4v) is 2.68. The van der Waals surface area contributed by atoms with Gasteiger partial charge in [0, 0.05) is 17.2 Å². The van der Waals surface area contributed by atoms with E-state index in [1.807, 2.05) is 0 Å². The molecule has 9 heteroatoms. The predicted octanol–water partition coefficient (Wildman–Crippen LogP) is 3.61. The first-order valence-electron chi connectivity index (χ1n) is 7.62. The third-order valence-electron chi connectivity index (χ3n) is 3.74. The maximum absolute atomic E-state index is 12.2. The monoisotopic (exact) mass is 388 g/mol. The van der Waals surface area contributed by atoms with Gasteiger partial charge in [0.15, 0.2) is 17.2 Å². The Labute approximate surface area is 158 Å². The Morgan fingerprint density at radius 2 is 2.00 bits per heavy atom. The molecule has 27 heavy (non-hydrogen) atoms. The van der Waals surface area contributed by atoms with Crippen molar-refractivity contribution in [2.45, 2.75) is 0 Å². The Balaban J connectivity index is 2.02. The molecular formula is C18H13ClN2O6. The Hall–Kier alpha value is -3.39. The van der Waals surface area contributed by atoms with Gasteiger partial charge in [-0.05, 0) is 24.3 Å². The molecule has 1 aliphatic rings. The van der Waals surface area contributed by atoms with Crippen LogP contribution in [0, 0.1) is 10.1 Å². The Morgan fingerprint density at radius 1 is 1.22 bits per heavy atom. The number of nitro groups is 1. The van der Waals surface area contributed by atoms with Crippen molar-refractivity contribution in [2.75, 3.05) is 14.2 Å². The molecule has 2 aromatic rings. The van der Waals surface area contributed by atoms with Crippen LogP contribution in [-0.4, -0.2) is 31.0 Å². The number of esters is 1. The highest BCUT2D eigenvalue weighted by atomic mass is 35.5. The molecule has 0 bridgehead atoms. The number of halogens is 1. The van der Waals surface area contributed by atoms with E-state index in [2.05, 4.69) is 4.99 Å². The smallest absolute Gasteiger partial charge is 0.363 e. The normalized spacial score (nSPS) is 14.7. The molecule has 0 radical (unpaired) electrons. The van der Waals surface area contributed by atoms with Gasteiger partial charge in [-0.3, -0.25) is 10.1 Å². The molecule has 0 atom stereocenters. The number of hydrogen-bond acceptors (Lipinski definition) is 7. The topological polar surface area (TPSA) is 100 Å². The molecule has 0 saturated carbocycles. The molecule has 3 rings (SSSR count). The van der Waals surface area contributed by atoms with Crippen molar-refractivity contribution in [1.29, 1.82) is 0 Å². The largest absolute Gasteiger partial charge is 0.493 e. The van der Waals surface area contributed by atoms with Crippen molar-refractivity contribution >= 4 is 35.2 Å². The highest BCUT2D eigenvalue weighted by Gasteiger charge is 2.26. The molecule has 0 amide bonds. The second kappa shape index (κ2) is 7.46. The number of methoxy groups -OCH3 is 2. The quantitative estimate of drug-likeness (QED) is 0.335. The van der Waals surface area contributed by atoms with Crippen LogP contribution in [0.2, 0.25) is 5.02 Å². The minimum atomic E-state index is -0.688. The number of nitro benzene ring substituents is 1. The van der Waals surface area contributed by atoms with Crippen LogP contribution >= 0.6 is 11.6 Å². The summed E-state index contributed by atoms with van der Waals surface area (Å²) in [7, 11) is 2.98. The lowest BCUT2D eigenvalue weighted by Crippen LogP contribution is -2.06. The second-order valence-electron chi connectivity index (χ2n) is 5.34. The number of cyclic esters (lactones) is 1. The lowest BCUT2D eigenvalue weighted by molar-refractivity contribution is -0.384. The average molecular weight is 389 g/mol. The lowest BCUT2D eigenvalue weighted by Gasteiger charge is -2.09.